The third-order valence-electron chi connectivity index (χ3n) is 2.91. The monoisotopic (exact) mass is 262 g/mol. The largest absolute Gasteiger partial charge is 0.385 e. The lowest BCUT2D eigenvalue weighted by Crippen LogP contribution is -2.14. The molecule has 0 aliphatic carbocycles. The van der Waals surface area contributed by atoms with Gasteiger partial charge < -0.3 is 5.32 Å². The smallest absolute Gasteiger partial charge is 0.0727 e. The van der Waals surface area contributed by atoms with Gasteiger partial charge in [-0.3, -0.25) is 4.98 Å². The van der Waals surface area contributed by atoms with Crippen molar-refractivity contribution in [3.05, 3.63) is 35.0 Å². The molecule has 0 bridgehead atoms. The molecule has 1 aromatic heterocycles. The van der Waals surface area contributed by atoms with E-state index in [1.54, 1.807) is 0 Å². The lowest BCUT2D eigenvalue weighted by Gasteiger charge is -2.20. The minimum absolute atomic E-state index is 0.0397. The first-order valence-electron chi connectivity index (χ1n) is 6.26. The van der Waals surface area contributed by atoms with Gasteiger partial charge in [-0.15, -0.1) is 0 Å². The number of nitrogens with one attached hydrogen (secondary N) is 1. The molecule has 1 N–H and O–H groups in total. The zero-order valence-electron chi connectivity index (χ0n) is 11.3. The molecule has 18 heavy (non-hydrogen) atoms. The average molecular weight is 263 g/mol. The van der Waals surface area contributed by atoms with E-state index < -0.39 is 0 Å². The molecule has 0 saturated carbocycles. The van der Waals surface area contributed by atoms with E-state index in [4.69, 9.17) is 16.6 Å². The third kappa shape index (κ3) is 2.59. The van der Waals surface area contributed by atoms with Gasteiger partial charge in [-0.1, -0.05) is 32.4 Å². The number of anilines is 1. The highest BCUT2D eigenvalue weighted by Gasteiger charge is 2.17. The second kappa shape index (κ2) is 4.77. The highest BCUT2D eigenvalue weighted by molar-refractivity contribution is 6.31. The molecule has 96 valence electrons. The second-order valence-corrected chi connectivity index (χ2v) is 5.93. The molecule has 1 aromatic carbocycles. The molecule has 0 radical (unpaired) electrons. The third-order valence-corrected chi connectivity index (χ3v) is 3.14. The van der Waals surface area contributed by atoms with E-state index in [-0.39, 0.29) is 5.41 Å². The Balaban J connectivity index is 2.70. The predicted octanol–water partition coefficient (Wildman–Crippen LogP) is 4.62. The molecule has 0 aliphatic rings. The summed E-state index contributed by atoms with van der Waals surface area (Å²) in [7, 11) is 0. The van der Waals surface area contributed by atoms with E-state index in [1.807, 2.05) is 18.2 Å². The van der Waals surface area contributed by atoms with E-state index in [2.05, 4.69) is 39.1 Å². The minimum atomic E-state index is 0.0397. The maximum Gasteiger partial charge on any atom is 0.0727 e. The van der Waals surface area contributed by atoms with Crippen LogP contribution >= 0.6 is 11.6 Å². The maximum absolute atomic E-state index is 6.06. The topological polar surface area (TPSA) is 24.9 Å². The fraction of sp³-hybridized carbons (Fsp3) is 0.400. The van der Waals surface area contributed by atoms with Crippen LogP contribution in [0, 0.1) is 0 Å². The number of halogens is 1. The van der Waals surface area contributed by atoms with Crippen molar-refractivity contribution in [1.82, 2.24) is 4.98 Å². The highest BCUT2D eigenvalue weighted by Crippen LogP contribution is 2.30. The van der Waals surface area contributed by atoms with E-state index >= 15 is 0 Å². The fourth-order valence-corrected chi connectivity index (χ4v) is 2.09. The molecule has 0 amide bonds. The Hall–Kier alpha value is -1.28. The van der Waals surface area contributed by atoms with Gasteiger partial charge in [0.05, 0.1) is 5.52 Å². The Bertz CT molecular complexity index is 570. The van der Waals surface area contributed by atoms with Gasteiger partial charge in [0.25, 0.3) is 0 Å². The normalized spacial score (nSPS) is 11.8. The number of rotatable bonds is 2. The lowest BCUT2D eigenvalue weighted by atomic mass is 9.90. The summed E-state index contributed by atoms with van der Waals surface area (Å²) < 4.78 is 0. The molecule has 0 aliphatic heterocycles. The van der Waals surface area contributed by atoms with Crippen LogP contribution in [0.3, 0.4) is 0 Å². The summed E-state index contributed by atoms with van der Waals surface area (Å²) in [6, 6.07) is 7.96. The molecular weight excluding hydrogens is 244 g/mol. The number of hydrogen-bond donors (Lipinski definition) is 1. The standard InChI is InChI=1S/C15H19ClN2/c1-5-17-13-9-14(15(2,3)4)18-12-7-6-10(16)8-11(12)13/h6-9H,5H2,1-4H3,(H,17,18). The zero-order chi connectivity index (χ0) is 13.3. The van der Waals surface area contributed by atoms with Gasteiger partial charge in [-0.2, -0.15) is 0 Å². The van der Waals surface area contributed by atoms with Crippen LogP contribution in [0.15, 0.2) is 24.3 Å². The Labute approximate surface area is 113 Å². The van der Waals surface area contributed by atoms with Gasteiger partial charge >= 0.3 is 0 Å². The summed E-state index contributed by atoms with van der Waals surface area (Å²) in [5, 5.41) is 5.22. The number of pyridine rings is 1. The van der Waals surface area contributed by atoms with E-state index in [1.165, 1.54) is 0 Å². The molecule has 0 atom stereocenters. The molecule has 2 nitrogen and oxygen atoms in total. The first-order chi connectivity index (χ1) is 8.41. The van der Waals surface area contributed by atoms with Crippen LogP contribution in [0.5, 0.6) is 0 Å². The van der Waals surface area contributed by atoms with Gasteiger partial charge in [0, 0.05) is 33.7 Å². The van der Waals surface area contributed by atoms with Gasteiger partial charge in [0.2, 0.25) is 0 Å². The summed E-state index contributed by atoms with van der Waals surface area (Å²) in [4.78, 5) is 4.73. The van der Waals surface area contributed by atoms with Crippen molar-refractivity contribution >= 4 is 28.2 Å². The van der Waals surface area contributed by atoms with Crippen LogP contribution in [0.2, 0.25) is 5.02 Å². The number of benzene rings is 1. The first-order valence-corrected chi connectivity index (χ1v) is 6.64. The molecule has 2 aromatic rings. The SMILES string of the molecule is CCNc1cc(C(C)(C)C)nc2ccc(Cl)cc12. The van der Waals surface area contributed by atoms with Crippen LogP contribution in [-0.2, 0) is 5.41 Å². The van der Waals surface area contributed by atoms with Crippen molar-refractivity contribution in [2.45, 2.75) is 33.1 Å². The van der Waals surface area contributed by atoms with Crippen molar-refractivity contribution in [2.24, 2.45) is 0 Å². The molecule has 3 heteroatoms. The highest BCUT2D eigenvalue weighted by atomic mass is 35.5. The van der Waals surface area contributed by atoms with Gasteiger partial charge in [0.15, 0.2) is 0 Å². The molecule has 2 rings (SSSR count). The second-order valence-electron chi connectivity index (χ2n) is 5.50. The maximum atomic E-state index is 6.06. The van der Waals surface area contributed by atoms with Crippen LogP contribution in [0.4, 0.5) is 5.69 Å². The minimum Gasteiger partial charge on any atom is -0.385 e. The predicted molar refractivity (Wildman–Crippen MR) is 79.6 cm³/mol. The number of hydrogen-bond acceptors (Lipinski definition) is 2. The summed E-state index contributed by atoms with van der Waals surface area (Å²) >= 11 is 6.06. The number of nitrogens with zero attached hydrogens (tertiary/aromatic N) is 1. The molecule has 0 fully saturated rings. The molecule has 1 heterocycles. The van der Waals surface area contributed by atoms with Crippen molar-refractivity contribution in [1.29, 1.82) is 0 Å². The van der Waals surface area contributed by atoms with E-state index in [0.717, 1.165) is 33.9 Å². The Kier molecular flexibility index (Phi) is 3.49. The Morgan fingerprint density at radius 3 is 2.56 bits per heavy atom. The molecule has 0 saturated heterocycles. The summed E-state index contributed by atoms with van der Waals surface area (Å²) in [5.74, 6) is 0. The van der Waals surface area contributed by atoms with Crippen molar-refractivity contribution < 1.29 is 0 Å². The van der Waals surface area contributed by atoms with Crippen molar-refractivity contribution in [3.63, 3.8) is 0 Å². The van der Waals surface area contributed by atoms with Gasteiger partial charge in [-0.05, 0) is 31.2 Å². The van der Waals surface area contributed by atoms with Crippen LogP contribution in [-0.4, -0.2) is 11.5 Å². The summed E-state index contributed by atoms with van der Waals surface area (Å²) in [5.41, 5.74) is 3.23. The first kappa shape index (κ1) is 13.2. The molecule has 0 unspecified atom stereocenters. The fourth-order valence-electron chi connectivity index (χ4n) is 1.92. The van der Waals surface area contributed by atoms with Crippen molar-refractivity contribution in [3.8, 4) is 0 Å². The average Bonchev–Trinajstić information content (AvgIpc) is 2.28. The Morgan fingerprint density at radius 2 is 1.94 bits per heavy atom. The number of fused-ring (bicyclic) bond motifs is 1. The molecule has 0 spiro atoms. The van der Waals surface area contributed by atoms with Crippen LogP contribution in [0.25, 0.3) is 10.9 Å². The van der Waals surface area contributed by atoms with Crippen LogP contribution in [0.1, 0.15) is 33.4 Å². The zero-order valence-corrected chi connectivity index (χ0v) is 12.1. The van der Waals surface area contributed by atoms with E-state index in [0.29, 0.717) is 0 Å². The van der Waals surface area contributed by atoms with Gasteiger partial charge in [0.1, 0.15) is 0 Å². The molecular formula is C15H19ClN2. The van der Waals surface area contributed by atoms with Gasteiger partial charge in [-0.25, -0.2) is 0 Å². The quantitative estimate of drug-likeness (QED) is 0.854. The number of aromatic nitrogens is 1. The van der Waals surface area contributed by atoms with E-state index in [9.17, 15) is 0 Å². The summed E-state index contributed by atoms with van der Waals surface area (Å²) in [6.07, 6.45) is 0. The van der Waals surface area contributed by atoms with Crippen molar-refractivity contribution in [2.75, 3.05) is 11.9 Å². The Morgan fingerprint density at radius 1 is 1.22 bits per heavy atom. The lowest BCUT2D eigenvalue weighted by molar-refractivity contribution is 0.572. The van der Waals surface area contributed by atoms with Crippen LogP contribution < -0.4 is 5.32 Å². The summed E-state index contributed by atoms with van der Waals surface area (Å²) in [6.45, 7) is 9.50.